The molecule has 1 aliphatic heterocycles. The van der Waals surface area contributed by atoms with Gasteiger partial charge >= 0.3 is 0 Å². The Hall–Kier alpha value is -1.86. The van der Waals surface area contributed by atoms with Crippen molar-refractivity contribution in [3.05, 3.63) is 35.1 Å². The first-order chi connectivity index (χ1) is 9.70. The van der Waals surface area contributed by atoms with Crippen LogP contribution in [0.3, 0.4) is 0 Å². The summed E-state index contributed by atoms with van der Waals surface area (Å²) in [6.45, 7) is 1.02. The Bertz CT molecular complexity index is 545. The van der Waals surface area contributed by atoms with Crippen molar-refractivity contribution in [1.29, 1.82) is 0 Å². The molecule has 1 N–H and O–H groups in total. The summed E-state index contributed by atoms with van der Waals surface area (Å²) in [7, 11) is 0. The Morgan fingerprint density at radius 3 is 2.95 bits per heavy atom. The summed E-state index contributed by atoms with van der Waals surface area (Å²) in [5, 5.41) is 8.68. The minimum atomic E-state index is -0.309. The van der Waals surface area contributed by atoms with Crippen molar-refractivity contribution >= 4 is 5.91 Å². The van der Waals surface area contributed by atoms with E-state index in [-0.39, 0.29) is 18.3 Å². The normalized spacial score (nSPS) is 14.9. The Morgan fingerprint density at radius 2 is 2.20 bits per heavy atom. The van der Waals surface area contributed by atoms with Crippen LogP contribution < -0.4 is 0 Å². The summed E-state index contributed by atoms with van der Waals surface area (Å²) in [5.41, 5.74) is 1.20. The highest BCUT2D eigenvalue weighted by Crippen LogP contribution is 2.17. The number of aliphatic hydroxyl groups excluding tert-OH is 1. The molecule has 3 nitrogen and oxygen atoms in total. The van der Waals surface area contributed by atoms with Gasteiger partial charge in [0, 0.05) is 37.1 Å². The standard InChI is InChI=1S/C16H18FNO2/c17-15-8-7-13(5-2-4-10-19)11-14(15)12-18-9-3-1-6-16(18)20/h7-8,11,19H,1,3-4,6,9-10,12H2. The number of rotatable bonds is 3. The van der Waals surface area contributed by atoms with Gasteiger partial charge in [0.2, 0.25) is 5.91 Å². The fourth-order valence-electron chi connectivity index (χ4n) is 2.23. The molecule has 0 aliphatic carbocycles. The maximum absolute atomic E-state index is 13.8. The molecule has 106 valence electrons. The summed E-state index contributed by atoms with van der Waals surface area (Å²) >= 11 is 0. The number of carbonyl (C=O) groups is 1. The number of carbonyl (C=O) groups excluding carboxylic acids is 1. The molecule has 0 bridgehead atoms. The Kier molecular flexibility index (Phi) is 5.14. The van der Waals surface area contributed by atoms with Crippen LogP contribution in [0, 0.1) is 17.7 Å². The SMILES string of the molecule is O=C1CCCCN1Cc1cc(C#CCCO)ccc1F. The molecule has 1 saturated heterocycles. The number of benzene rings is 1. The lowest BCUT2D eigenvalue weighted by atomic mass is 10.1. The molecule has 1 aromatic carbocycles. The number of amides is 1. The van der Waals surface area contributed by atoms with Crippen LogP contribution in [0.2, 0.25) is 0 Å². The van der Waals surface area contributed by atoms with E-state index in [1.165, 1.54) is 6.07 Å². The summed E-state index contributed by atoms with van der Waals surface area (Å²) in [5.74, 6) is 5.47. The van der Waals surface area contributed by atoms with Crippen LogP contribution in [0.5, 0.6) is 0 Å². The quantitative estimate of drug-likeness (QED) is 0.858. The molecule has 0 unspecified atom stereocenters. The van der Waals surface area contributed by atoms with E-state index in [4.69, 9.17) is 5.11 Å². The lowest BCUT2D eigenvalue weighted by molar-refractivity contribution is -0.133. The van der Waals surface area contributed by atoms with Crippen molar-refractivity contribution in [1.82, 2.24) is 4.90 Å². The highest BCUT2D eigenvalue weighted by Gasteiger charge is 2.19. The third kappa shape index (κ3) is 3.82. The molecule has 0 radical (unpaired) electrons. The molecule has 1 amide bonds. The van der Waals surface area contributed by atoms with Crippen molar-refractivity contribution in [2.45, 2.75) is 32.2 Å². The second kappa shape index (κ2) is 7.06. The minimum Gasteiger partial charge on any atom is -0.395 e. The number of piperidine rings is 1. The highest BCUT2D eigenvalue weighted by atomic mass is 19.1. The number of hydrogen-bond donors (Lipinski definition) is 1. The second-order valence-electron chi connectivity index (χ2n) is 4.85. The van der Waals surface area contributed by atoms with Crippen LogP contribution in [-0.2, 0) is 11.3 Å². The van der Waals surface area contributed by atoms with Gasteiger partial charge < -0.3 is 10.0 Å². The zero-order valence-corrected chi connectivity index (χ0v) is 11.4. The average Bonchev–Trinajstić information content (AvgIpc) is 2.45. The smallest absolute Gasteiger partial charge is 0.222 e. The van der Waals surface area contributed by atoms with E-state index >= 15 is 0 Å². The molecule has 2 rings (SSSR count). The van der Waals surface area contributed by atoms with Crippen molar-refractivity contribution in [3.63, 3.8) is 0 Å². The van der Waals surface area contributed by atoms with Gasteiger partial charge in [0.25, 0.3) is 0 Å². The van der Waals surface area contributed by atoms with Crippen LogP contribution in [0.15, 0.2) is 18.2 Å². The molecule has 0 aromatic heterocycles. The molecule has 1 aliphatic rings. The monoisotopic (exact) mass is 275 g/mol. The van der Waals surface area contributed by atoms with Gasteiger partial charge in [0.15, 0.2) is 0 Å². The number of aliphatic hydroxyl groups is 1. The molecule has 1 fully saturated rings. The predicted octanol–water partition coefficient (Wildman–Crippen LogP) is 2.07. The van der Waals surface area contributed by atoms with E-state index in [0.29, 0.717) is 37.1 Å². The first-order valence-corrected chi connectivity index (χ1v) is 6.86. The van der Waals surface area contributed by atoms with Gasteiger partial charge in [-0.2, -0.15) is 0 Å². The van der Waals surface area contributed by atoms with Crippen molar-refractivity contribution in [2.75, 3.05) is 13.2 Å². The van der Waals surface area contributed by atoms with Crippen molar-refractivity contribution in [3.8, 4) is 11.8 Å². The number of halogens is 1. The molecular weight excluding hydrogens is 257 g/mol. The topological polar surface area (TPSA) is 40.5 Å². The molecule has 1 heterocycles. The van der Waals surface area contributed by atoms with Crippen LogP contribution >= 0.6 is 0 Å². The third-order valence-electron chi connectivity index (χ3n) is 3.30. The summed E-state index contributed by atoms with van der Waals surface area (Å²) < 4.78 is 13.8. The summed E-state index contributed by atoms with van der Waals surface area (Å²) in [6.07, 6.45) is 2.85. The molecule has 1 aromatic rings. The van der Waals surface area contributed by atoms with Gasteiger partial charge in [0.05, 0.1) is 6.61 Å². The zero-order chi connectivity index (χ0) is 14.4. The summed E-state index contributed by atoms with van der Waals surface area (Å²) in [6, 6.07) is 4.68. The minimum absolute atomic E-state index is 0.0172. The first kappa shape index (κ1) is 14.5. The first-order valence-electron chi connectivity index (χ1n) is 6.86. The Balaban J connectivity index is 2.12. The average molecular weight is 275 g/mol. The Labute approximate surface area is 118 Å². The van der Waals surface area contributed by atoms with Crippen LogP contribution in [0.4, 0.5) is 4.39 Å². The third-order valence-corrected chi connectivity index (χ3v) is 3.30. The fourth-order valence-corrected chi connectivity index (χ4v) is 2.23. The van der Waals surface area contributed by atoms with E-state index in [0.717, 1.165) is 12.8 Å². The van der Waals surface area contributed by atoms with Crippen LogP contribution in [0.25, 0.3) is 0 Å². The van der Waals surface area contributed by atoms with Gasteiger partial charge in [-0.25, -0.2) is 4.39 Å². The van der Waals surface area contributed by atoms with E-state index in [9.17, 15) is 9.18 Å². The molecule has 4 heteroatoms. The van der Waals surface area contributed by atoms with Gasteiger partial charge in [-0.1, -0.05) is 11.8 Å². The van der Waals surface area contributed by atoms with E-state index in [2.05, 4.69) is 11.8 Å². The van der Waals surface area contributed by atoms with Crippen molar-refractivity contribution in [2.24, 2.45) is 0 Å². The lowest BCUT2D eigenvalue weighted by Crippen LogP contribution is -2.34. The van der Waals surface area contributed by atoms with E-state index in [1.54, 1.807) is 17.0 Å². The van der Waals surface area contributed by atoms with E-state index in [1.807, 2.05) is 0 Å². The molecule has 0 atom stereocenters. The zero-order valence-electron chi connectivity index (χ0n) is 11.4. The fraction of sp³-hybridized carbons (Fsp3) is 0.438. The number of hydrogen-bond acceptors (Lipinski definition) is 2. The maximum Gasteiger partial charge on any atom is 0.222 e. The molecule has 20 heavy (non-hydrogen) atoms. The largest absolute Gasteiger partial charge is 0.395 e. The van der Waals surface area contributed by atoms with Gasteiger partial charge in [-0.05, 0) is 31.0 Å². The van der Waals surface area contributed by atoms with Gasteiger partial charge in [-0.15, -0.1) is 0 Å². The van der Waals surface area contributed by atoms with Crippen LogP contribution in [-0.4, -0.2) is 29.1 Å². The predicted molar refractivity (Wildman–Crippen MR) is 74.2 cm³/mol. The molecule has 0 saturated carbocycles. The lowest BCUT2D eigenvalue weighted by Gasteiger charge is -2.26. The second-order valence-corrected chi connectivity index (χ2v) is 4.85. The Morgan fingerprint density at radius 1 is 1.35 bits per heavy atom. The van der Waals surface area contributed by atoms with Crippen LogP contribution in [0.1, 0.15) is 36.8 Å². The molecular formula is C16H18FNO2. The van der Waals surface area contributed by atoms with Gasteiger partial charge in [-0.3, -0.25) is 4.79 Å². The van der Waals surface area contributed by atoms with Crippen molar-refractivity contribution < 1.29 is 14.3 Å². The molecule has 0 spiro atoms. The van der Waals surface area contributed by atoms with Gasteiger partial charge in [0.1, 0.15) is 5.82 Å². The maximum atomic E-state index is 13.8. The highest BCUT2D eigenvalue weighted by molar-refractivity contribution is 5.76. The number of nitrogens with zero attached hydrogens (tertiary/aromatic N) is 1. The number of likely N-dealkylation sites (tertiary alicyclic amines) is 1. The summed E-state index contributed by atoms with van der Waals surface area (Å²) in [4.78, 5) is 13.5. The van der Waals surface area contributed by atoms with E-state index < -0.39 is 0 Å².